The summed E-state index contributed by atoms with van der Waals surface area (Å²) in [7, 11) is 0. The minimum absolute atomic E-state index is 0.568. The second kappa shape index (κ2) is 9.22. The van der Waals surface area contributed by atoms with Crippen molar-refractivity contribution in [1.82, 2.24) is 0 Å². The van der Waals surface area contributed by atoms with Gasteiger partial charge in [-0.25, -0.2) is 0 Å². The summed E-state index contributed by atoms with van der Waals surface area (Å²) in [5.74, 6) is 3.46. The second-order valence-electron chi connectivity index (χ2n) is 12.4. The Morgan fingerprint density at radius 3 is 1.37 bits per heavy atom. The lowest BCUT2D eigenvalue weighted by molar-refractivity contribution is 0.00377. The fourth-order valence-corrected chi connectivity index (χ4v) is 6.88. The summed E-state index contributed by atoms with van der Waals surface area (Å²) in [6.45, 7) is 22.9. The van der Waals surface area contributed by atoms with E-state index in [1.807, 2.05) is 0 Å². The molecule has 0 aromatic rings. The van der Waals surface area contributed by atoms with Gasteiger partial charge in [0.15, 0.2) is 0 Å². The third kappa shape index (κ3) is 5.23. The van der Waals surface area contributed by atoms with Gasteiger partial charge in [0.05, 0.1) is 0 Å². The lowest BCUT2D eigenvalue weighted by Gasteiger charge is -2.53. The molecule has 0 bridgehead atoms. The van der Waals surface area contributed by atoms with Crippen molar-refractivity contribution in [2.75, 3.05) is 0 Å². The molecule has 2 fully saturated rings. The molecule has 0 N–H and O–H groups in total. The highest BCUT2D eigenvalue weighted by atomic mass is 14.5. The van der Waals surface area contributed by atoms with Crippen LogP contribution in [0, 0.1) is 34.5 Å². The van der Waals surface area contributed by atoms with E-state index in [2.05, 4.69) is 66.9 Å². The fourth-order valence-electron chi connectivity index (χ4n) is 6.88. The van der Waals surface area contributed by atoms with E-state index in [4.69, 9.17) is 0 Å². The van der Waals surface area contributed by atoms with Crippen LogP contribution < -0.4 is 0 Å². The highest BCUT2D eigenvalue weighted by Gasteiger charge is 2.48. The Morgan fingerprint density at radius 2 is 1.03 bits per heavy atom. The summed E-state index contributed by atoms with van der Waals surface area (Å²) in [6, 6.07) is 0. The molecule has 0 nitrogen and oxygen atoms in total. The Morgan fingerprint density at radius 1 is 0.667 bits per heavy atom. The molecule has 0 radical (unpaired) electrons. The first-order valence-corrected chi connectivity index (χ1v) is 12.7. The Hall–Kier alpha value is -1.04. The first kappa shape index (κ1) is 23.6. The average Bonchev–Trinajstić information content (AvgIpc) is 2.73. The largest absolute Gasteiger partial charge is 0.0996 e. The fraction of sp³-hybridized carbons (Fsp3) is 0.733. The van der Waals surface area contributed by atoms with Gasteiger partial charge >= 0.3 is 0 Å². The Bertz CT molecular complexity index is 648. The van der Waals surface area contributed by atoms with Crippen LogP contribution in [0.5, 0.6) is 0 Å². The Labute approximate surface area is 188 Å². The van der Waals surface area contributed by atoms with E-state index in [0.717, 1.165) is 23.7 Å². The summed E-state index contributed by atoms with van der Waals surface area (Å²) in [4.78, 5) is 0. The molecule has 0 heteroatoms. The predicted molar refractivity (Wildman–Crippen MR) is 133 cm³/mol. The van der Waals surface area contributed by atoms with Gasteiger partial charge in [-0.15, -0.1) is 0 Å². The minimum atomic E-state index is 0.568. The molecule has 4 rings (SSSR count). The smallest absolute Gasteiger partial charge is 0.0167 e. The van der Waals surface area contributed by atoms with E-state index in [-0.39, 0.29) is 0 Å². The van der Waals surface area contributed by atoms with Gasteiger partial charge in [0.2, 0.25) is 0 Å². The van der Waals surface area contributed by atoms with Crippen LogP contribution in [0.2, 0.25) is 0 Å². The van der Waals surface area contributed by atoms with Crippen LogP contribution in [0.4, 0.5) is 0 Å². The lowest BCUT2D eigenvalue weighted by Crippen LogP contribution is -2.44. The summed E-state index contributed by atoms with van der Waals surface area (Å²) >= 11 is 0. The minimum Gasteiger partial charge on any atom is -0.0996 e. The third-order valence-corrected chi connectivity index (χ3v) is 9.14. The molecule has 2 saturated carbocycles. The molecule has 0 amide bonds. The maximum Gasteiger partial charge on any atom is -0.0167 e. The van der Waals surface area contributed by atoms with Crippen molar-refractivity contribution in [3.63, 3.8) is 0 Å². The molecule has 0 spiro atoms. The summed E-state index contributed by atoms with van der Waals surface area (Å²) in [6.07, 6.45) is 17.8. The zero-order valence-electron chi connectivity index (χ0n) is 20.9. The van der Waals surface area contributed by atoms with Crippen LogP contribution in [-0.4, -0.2) is 0 Å². The lowest BCUT2D eigenvalue weighted by atomic mass is 9.52. The van der Waals surface area contributed by atoms with E-state index in [0.29, 0.717) is 10.8 Å². The van der Waals surface area contributed by atoms with Crippen molar-refractivity contribution in [3.05, 3.63) is 47.6 Å². The molecular formula is C30H48. The summed E-state index contributed by atoms with van der Waals surface area (Å²) < 4.78 is 0. The molecule has 0 heterocycles. The molecule has 168 valence electrons. The molecule has 4 atom stereocenters. The van der Waals surface area contributed by atoms with Crippen LogP contribution in [0.15, 0.2) is 47.6 Å². The first-order chi connectivity index (χ1) is 14.0. The molecule has 0 saturated heterocycles. The number of allylic oxidation sites excluding steroid dienone is 6. The molecule has 0 aliphatic heterocycles. The highest BCUT2D eigenvalue weighted by Crippen LogP contribution is 2.57. The zero-order valence-corrected chi connectivity index (χ0v) is 20.9. The first-order valence-electron chi connectivity index (χ1n) is 12.7. The maximum absolute atomic E-state index is 4.30. The third-order valence-electron chi connectivity index (χ3n) is 9.14. The van der Waals surface area contributed by atoms with Crippen molar-refractivity contribution >= 4 is 0 Å². The van der Waals surface area contributed by atoms with Crippen molar-refractivity contribution in [2.24, 2.45) is 34.5 Å². The Balaban J connectivity index is 0.000000171. The van der Waals surface area contributed by atoms with Crippen LogP contribution in [0.25, 0.3) is 0 Å². The van der Waals surface area contributed by atoms with Crippen LogP contribution >= 0.6 is 0 Å². The summed E-state index contributed by atoms with van der Waals surface area (Å²) in [5.41, 5.74) is 7.35. The average molecular weight is 409 g/mol. The van der Waals surface area contributed by atoms with Crippen LogP contribution in [0.3, 0.4) is 0 Å². The second-order valence-corrected chi connectivity index (χ2v) is 12.4. The maximum atomic E-state index is 4.30. The molecule has 30 heavy (non-hydrogen) atoms. The molecule has 4 aliphatic rings. The summed E-state index contributed by atoms with van der Waals surface area (Å²) in [5, 5.41) is 0. The normalized spacial score (nSPS) is 38.9. The van der Waals surface area contributed by atoms with E-state index in [1.165, 1.54) is 75.4 Å². The van der Waals surface area contributed by atoms with Gasteiger partial charge < -0.3 is 0 Å². The van der Waals surface area contributed by atoms with Gasteiger partial charge in [-0.1, -0.05) is 75.3 Å². The zero-order chi connectivity index (χ0) is 22.1. The number of hydrogen-bond acceptors (Lipinski definition) is 0. The van der Waals surface area contributed by atoms with E-state index in [1.54, 1.807) is 11.1 Å². The van der Waals surface area contributed by atoms with Crippen LogP contribution in [-0.2, 0) is 0 Å². The standard InChI is InChI=1S/2C15H24/c2*1-11-6-5-7-12(2)13-10-15(3,4)14(13)9-8-11/h2*6,13-14H,2,5,7-10H2,1,3-4H3/b2*11-6+/t2*13-,14-/m11/s1. The van der Waals surface area contributed by atoms with Gasteiger partial charge in [-0.2, -0.15) is 0 Å². The van der Waals surface area contributed by atoms with Crippen molar-refractivity contribution in [1.29, 1.82) is 0 Å². The van der Waals surface area contributed by atoms with Gasteiger partial charge in [0.25, 0.3) is 0 Å². The van der Waals surface area contributed by atoms with Gasteiger partial charge in [-0.05, 0) is 113 Å². The van der Waals surface area contributed by atoms with Crippen molar-refractivity contribution in [3.8, 4) is 0 Å². The van der Waals surface area contributed by atoms with Crippen molar-refractivity contribution < 1.29 is 0 Å². The number of hydrogen-bond donors (Lipinski definition) is 0. The van der Waals surface area contributed by atoms with E-state index in [9.17, 15) is 0 Å². The SMILES string of the molecule is C=C1CC/C=C(\C)CC[C@@H]2[C@@H]1CC2(C)C.C=C1CC/C=C(\C)CC[C@@H]2[C@@H]1CC2(C)C. The van der Waals surface area contributed by atoms with Crippen molar-refractivity contribution in [2.45, 2.75) is 106 Å². The topological polar surface area (TPSA) is 0 Å². The Kier molecular flexibility index (Phi) is 7.26. The number of fused-ring (bicyclic) bond motifs is 2. The highest BCUT2D eigenvalue weighted by molar-refractivity contribution is 5.17. The monoisotopic (exact) mass is 408 g/mol. The van der Waals surface area contributed by atoms with E-state index >= 15 is 0 Å². The molecule has 0 unspecified atom stereocenters. The van der Waals surface area contributed by atoms with Crippen LogP contribution in [0.1, 0.15) is 106 Å². The predicted octanol–water partition coefficient (Wildman–Crippen LogP) is 9.45. The van der Waals surface area contributed by atoms with Gasteiger partial charge in [0.1, 0.15) is 0 Å². The molecule has 0 aromatic heterocycles. The number of rotatable bonds is 0. The van der Waals surface area contributed by atoms with Gasteiger partial charge in [0, 0.05) is 0 Å². The van der Waals surface area contributed by atoms with E-state index < -0.39 is 0 Å². The molecular weight excluding hydrogens is 360 g/mol. The molecule has 0 aromatic carbocycles. The molecule has 4 aliphatic carbocycles. The van der Waals surface area contributed by atoms with Gasteiger partial charge in [-0.3, -0.25) is 0 Å². The quantitative estimate of drug-likeness (QED) is 0.350.